The smallest absolute Gasteiger partial charge is 0.205 e. The van der Waals surface area contributed by atoms with E-state index in [1.54, 1.807) is 17.5 Å². The van der Waals surface area contributed by atoms with Gasteiger partial charge in [0.05, 0.1) is 12.8 Å². The summed E-state index contributed by atoms with van der Waals surface area (Å²) in [6.45, 7) is 2.47. The number of nitrogens with zero attached hydrogens (tertiary/aromatic N) is 2. The van der Waals surface area contributed by atoms with Crippen LogP contribution in [0.2, 0.25) is 0 Å². The van der Waals surface area contributed by atoms with Gasteiger partial charge in [-0.2, -0.15) is 5.10 Å². The first kappa shape index (κ1) is 14.3. The van der Waals surface area contributed by atoms with Crippen molar-refractivity contribution in [3.63, 3.8) is 0 Å². The minimum absolute atomic E-state index is 0.254. The number of hydrogen-bond acceptors (Lipinski definition) is 6. The molecule has 0 saturated heterocycles. The molecule has 5 nitrogen and oxygen atoms in total. The minimum Gasteiger partial charge on any atom is -0.491 e. The Labute approximate surface area is 120 Å². The molecule has 2 rings (SSSR count). The average Bonchev–Trinajstić information content (AvgIpc) is 2.84. The summed E-state index contributed by atoms with van der Waals surface area (Å²) in [6, 6.07) is 4.69. The molecule has 106 valence electrons. The van der Waals surface area contributed by atoms with Crippen LogP contribution >= 0.6 is 11.3 Å². The van der Waals surface area contributed by atoms with Crippen molar-refractivity contribution in [2.75, 3.05) is 17.8 Å². The molecule has 0 atom stereocenters. The zero-order valence-electron chi connectivity index (χ0n) is 11.0. The van der Waals surface area contributed by atoms with E-state index >= 15 is 0 Å². The summed E-state index contributed by atoms with van der Waals surface area (Å²) < 4.78 is 19.0. The van der Waals surface area contributed by atoms with Gasteiger partial charge in [-0.3, -0.25) is 5.43 Å². The summed E-state index contributed by atoms with van der Waals surface area (Å²) in [5.74, 6) is 0.293. The third-order valence-corrected chi connectivity index (χ3v) is 3.08. The van der Waals surface area contributed by atoms with E-state index in [2.05, 4.69) is 15.5 Å². The quantitative estimate of drug-likeness (QED) is 0.634. The molecule has 0 spiro atoms. The SMILES string of the molecule is CCCOc1ccc(C=NNc2nc(N)cs2)cc1F. The molecule has 7 heteroatoms. The summed E-state index contributed by atoms with van der Waals surface area (Å²) in [7, 11) is 0. The van der Waals surface area contributed by atoms with Crippen LogP contribution < -0.4 is 15.9 Å². The number of hydrogen-bond donors (Lipinski definition) is 2. The van der Waals surface area contributed by atoms with Gasteiger partial charge < -0.3 is 10.5 Å². The molecule has 20 heavy (non-hydrogen) atoms. The second-order valence-electron chi connectivity index (χ2n) is 3.99. The molecule has 1 aromatic carbocycles. The van der Waals surface area contributed by atoms with Gasteiger partial charge in [0.2, 0.25) is 5.13 Å². The van der Waals surface area contributed by atoms with Crippen LogP contribution in [0.3, 0.4) is 0 Å². The first-order chi connectivity index (χ1) is 9.69. The number of thiazole rings is 1. The number of aromatic nitrogens is 1. The number of nitrogen functional groups attached to an aromatic ring is 1. The molecule has 0 fully saturated rings. The molecule has 0 aliphatic carbocycles. The molecule has 1 heterocycles. The maximum atomic E-state index is 13.7. The lowest BCUT2D eigenvalue weighted by molar-refractivity contribution is 0.301. The van der Waals surface area contributed by atoms with Crippen molar-refractivity contribution >= 4 is 28.5 Å². The van der Waals surface area contributed by atoms with Gasteiger partial charge in [-0.1, -0.05) is 6.92 Å². The van der Waals surface area contributed by atoms with E-state index < -0.39 is 5.82 Å². The van der Waals surface area contributed by atoms with Crippen LogP contribution in [0.4, 0.5) is 15.3 Å². The van der Waals surface area contributed by atoms with Crippen LogP contribution in [0.25, 0.3) is 0 Å². The minimum atomic E-state index is -0.402. The van der Waals surface area contributed by atoms with Crippen molar-refractivity contribution in [1.82, 2.24) is 4.98 Å². The summed E-state index contributed by atoms with van der Waals surface area (Å²) in [5, 5.41) is 6.26. The monoisotopic (exact) mass is 294 g/mol. The van der Waals surface area contributed by atoms with Crippen molar-refractivity contribution in [1.29, 1.82) is 0 Å². The molecule has 0 unspecified atom stereocenters. The molecular weight excluding hydrogens is 279 g/mol. The number of anilines is 2. The molecular formula is C13H15FN4OS. The Bertz CT molecular complexity index is 600. The number of hydrazone groups is 1. The van der Waals surface area contributed by atoms with E-state index in [4.69, 9.17) is 10.5 Å². The fourth-order valence-corrected chi connectivity index (χ4v) is 1.97. The lowest BCUT2D eigenvalue weighted by Crippen LogP contribution is -1.98. The van der Waals surface area contributed by atoms with Crippen LogP contribution in [-0.4, -0.2) is 17.8 Å². The summed E-state index contributed by atoms with van der Waals surface area (Å²) in [6.07, 6.45) is 2.34. The van der Waals surface area contributed by atoms with E-state index in [0.717, 1.165) is 6.42 Å². The first-order valence-corrected chi connectivity index (χ1v) is 6.99. The number of benzene rings is 1. The number of nitrogens with two attached hydrogens (primary N) is 1. The van der Waals surface area contributed by atoms with Crippen molar-refractivity contribution in [2.24, 2.45) is 5.10 Å². The average molecular weight is 294 g/mol. The van der Waals surface area contributed by atoms with Gasteiger partial charge in [-0.15, -0.1) is 11.3 Å². The molecule has 0 bridgehead atoms. The van der Waals surface area contributed by atoms with Crippen LogP contribution in [0.1, 0.15) is 18.9 Å². The van der Waals surface area contributed by atoms with Crippen LogP contribution in [0.5, 0.6) is 5.75 Å². The van der Waals surface area contributed by atoms with Crippen molar-refractivity contribution in [3.05, 3.63) is 35.0 Å². The lowest BCUT2D eigenvalue weighted by atomic mass is 10.2. The Morgan fingerprint density at radius 1 is 1.55 bits per heavy atom. The van der Waals surface area contributed by atoms with Gasteiger partial charge in [-0.25, -0.2) is 9.37 Å². The number of rotatable bonds is 6. The van der Waals surface area contributed by atoms with E-state index in [9.17, 15) is 4.39 Å². The van der Waals surface area contributed by atoms with Gasteiger partial charge in [0.1, 0.15) is 5.82 Å². The molecule has 0 aliphatic rings. The fourth-order valence-electron chi connectivity index (χ4n) is 1.43. The predicted molar refractivity (Wildman–Crippen MR) is 79.9 cm³/mol. The van der Waals surface area contributed by atoms with Gasteiger partial charge in [-0.05, 0) is 30.2 Å². The molecule has 0 radical (unpaired) electrons. The second-order valence-corrected chi connectivity index (χ2v) is 4.84. The summed E-state index contributed by atoms with van der Waals surface area (Å²) in [5.41, 5.74) is 8.84. The maximum absolute atomic E-state index is 13.7. The number of ether oxygens (including phenoxy) is 1. The number of halogens is 1. The fraction of sp³-hybridized carbons (Fsp3) is 0.231. The zero-order valence-corrected chi connectivity index (χ0v) is 11.8. The Morgan fingerprint density at radius 3 is 3.05 bits per heavy atom. The van der Waals surface area contributed by atoms with Crippen LogP contribution in [-0.2, 0) is 0 Å². The standard InChI is InChI=1S/C13H15FN4OS/c1-2-5-19-11-4-3-9(6-10(11)14)7-16-18-13-17-12(15)8-20-13/h3-4,6-8H,2,5,15H2,1H3,(H,17,18). The molecule has 1 aromatic heterocycles. The van der Waals surface area contributed by atoms with Gasteiger partial charge in [0.15, 0.2) is 11.6 Å². The van der Waals surface area contributed by atoms with Crippen LogP contribution in [0, 0.1) is 5.82 Å². The van der Waals surface area contributed by atoms with Gasteiger partial charge in [0.25, 0.3) is 0 Å². The van der Waals surface area contributed by atoms with Crippen LogP contribution in [0.15, 0.2) is 28.7 Å². The van der Waals surface area contributed by atoms with E-state index in [1.807, 2.05) is 6.92 Å². The molecule has 0 amide bonds. The van der Waals surface area contributed by atoms with Crippen molar-refractivity contribution in [3.8, 4) is 5.75 Å². The van der Waals surface area contributed by atoms with E-state index in [1.165, 1.54) is 23.6 Å². The van der Waals surface area contributed by atoms with Gasteiger partial charge >= 0.3 is 0 Å². The first-order valence-electron chi connectivity index (χ1n) is 6.11. The highest BCUT2D eigenvalue weighted by molar-refractivity contribution is 7.14. The Balaban J connectivity index is 1.97. The Kier molecular flexibility index (Phi) is 4.89. The van der Waals surface area contributed by atoms with Crippen molar-refractivity contribution < 1.29 is 9.13 Å². The predicted octanol–water partition coefficient (Wildman–Crippen LogP) is 3.10. The zero-order chi connectivity index (χ0) is 14.4. The number of nitrogens with one attached hydrogen (secondary N) is 1. The highest BCUT2D eigenvalue weighted by Crippen LogP contribution is 2.18. The summed E-state index contributed by atoms with van der Waals surface area (Å²) in [4.78, 5) is 3.98. The molecule has 2 aromatic rings. The third kappa shape index (κ3) is 3.92. The topological polar surface area (TPSA) is 72.5 Å². The highest BCUT2D eigenvalue weighted by Gasteiger charge is 2.03. The third-order valence-electron chi connectivity index (χ3n) is 2.31. The second kappa shape index (κ2) is 6.85. The molecule has 3 N–H and O–H groups in total. The molecule has 0 saturated carbocycles. The summed E-state index contributed by atoms with van der Waals surface area (Å²) >= 11 is 1.34. The lowest BCUT2D eigenvalue weighted by Gasteiger charge is -2.05. The van der Waals surface area contributed by atoms with Crippen molar-refractivity contribution in [2.45, 2.75) is 13.3 Å². The van der Waals surface area contributed by atoms with E-state index in [0.29, 0.717) is 23.1 Å². The van der Waals surface area contributed by atoms with Gasteiger partial charge in [0, 0.05) is 5.38 Å². The normalized spacial score (nSPS) is 10.9. The largest absolute Gasteiger partial charge is 0.491 e. The molecule has 0 aliphatic heterocycles. The Morgan fingerprint density at radius 2 is 2.40 bits per heavy atom. The maximum Gasteiger partial charge on any atom is 0.205 e. The van der Waals surface area contributed by atoms with E-state index in [-0.39, 0.29) is 5.75 Å². The highest BCUT2D eigenvalue weighted by atomic mass is 32.1. The Hall–Kier alpha value is -2.15.